The van der Waals surface area contributed by atoms with Crippen molar-refractivity contribution in [2.45, 2.75) is 6.42 Å². The van der Waals surface area contributed by atoms with Gasteiger partial charge >= 0.3 is 0 Å². The van der Waals surface area contributed by atoms with E-state index < -0.39 is 0 Å². The topological polar surface area (TPSA) is 46.3 Å². The molecule has 1 aliphatic rings. The van der Waals surface area contributed by atoms with Crippen LogP contribution < -0.4 is 10.6 Å². The molecule has 0 atom stereocenters. The first kappa shape index (κ1) is 18.9. The molecule has 0 saturated carbocycles. The lowest BCUT2D eigenvalue weighted by Crippen LogP contribution is -2.09. The fraction of sp³-hybridized carbons (Fsp3) is 0.0357. The number of para-hydroxylation sites is 2. The maximum absolute atomic E-state index is 12.8. The fourth-order valence-corrected chi connectivity index (χ4v) is 4.04. The summed E-state index contributed by atoms with van der Waals surface area (Å²) in [6, 6.07) is 34.6. The van der Waals surface area contributed by atoms with Crippen molar-refractivity contribution in [2.75, 3.05) is 10.6 Å². The largest absolute Gasteiger partial charge is 0.399 e. The molecule has 0 aliphatic heterocycles. The van der Waals surface area contributed by atoms with Crippen molar-refractivity contribution in [2.24, 2.45) is 0 Å². The first-order valence-electron chi connectivity index (χ1n) is 10.3. The Morgan fingerprint density at radius 1 is 0.677 bits per heavy atom. The van der Waals surface area contributed by atoms with Crippen molar-refractivity contribution in [1.82, 2.24) is 0 Å². The van der Waals surface area contributed by atoms with Crippen LogP contribution in [-0.4, -0.2) is 5.78 Å². The number of benzene rings is 4. The molecular weight excluding hydrogens is 380 g/mol. The summed E-state index contributed by atoms with van der Waals surface area (Å²) in [6.07, 6.45) is 2.58. The molecule has 3 heteroatoms. The highest BCUT2D eigenvalue weighted by Crippen LogP contribution is 2.35. The lowest BCUT2D eigenvalue weighted by atomic mass is 10.0. The van der Waals surface area contributed by atoms with Gasteiger partial charge in [-0.3, -0.25) is 4.79 Å². The summed E-state index contributed by atoms with van der Waals surface area (Å²) < 4.78 is 0. The third-order valence-electron chi connectivity index (χ3n) is 5.56. The van der Waals surface area contributed by atoms with E-state index in [1.807, 2.05) is 54.6 Å². The average Bonchev–Trinajstić information content (AvgIpc) is 3.11. The molecule has 0 bridgehead atoms. The van der Waals surface area contributed by atoms with Crippen molar-refractivity contribution in [1.29, 1.82) is 0 Å². The Labute approximate surface area is 182 Å². The van der Waals surface area contributed by atoms with Gasteiger partial charge in [-0.05, 0) is 65.7 Å². The molecule has 0 amide bonds. The number of nitrogens with zero attached hydrogens (tertiary/aromatic N) is 1. The van der Waals surface area contributed by atoms with Crippen LogP contribution in [0.1, 0.15) is 21.5 Å². The van der Waals surface area contributed by atoms with Crippen LogP contribution >= 0.6 is 0 Å². The molecule has 2 N–H and O–H groups in total. The molecule has 4 aromatic rings. The van der Waals surface area contributed by atoms with Crippen molar-refractivity contribution < 1.29 is 4.79 Å². The van der Waals surface area contributed by atoms with Gasteiger partial charge in [0.05, 0.1) is 0 Å². The Hall–Kier alpha value is -4.11. The van der Waals surface area contributed by atoms with Crippen LogP contribution in [-0.2, 0) is 6.42 Å². The number of allylic oxidation sites excluding steroid dienone is 1. The molecule has 0 aromatic heterocycles. The molecule has 5 rings (SSSR count). The molecule has 1 aliphatic carbocycles. The highest BCUT2D eigenvalue weighted by Gasteiger charge is 2.22. The van der Waals surface area contributed by atoms with E-state index in [9.17, 15) is 4.79 Å². The molecule has 4 aromatic carbocycles. The van der Waals surface area contributed by atoms with E-state index in [0.29, 0.717) is 17.7 Å². The first-order chi connectivity index (χ1) is 15.2. The number of Topliss-reactive ketones (excluding diaryl/α,β-unsaturated/α-hetero) is 1. The number of fused-ring (bicyclic) bond motifs is 1. The summed E-state index contributed by atoms with van der Waals surface area (Å²) in [4.78, 5) is 15.0. The van der Waals surface area contributed by atoms with Gasteiger partial charge < -0.3 is 10.6 Å². The van der Waals surface area contributed by atoms with E-state index in [4.69, 9.17) is 5.73 Å². The molecule has 0 spiro atoms. The molecule has 3 nitrogen and oxygen atoms in total. The van der Waals surface area contributed by atoms with Crippen LogP contribution in [0.3, 0.4) is 0 Å². The molecule has 0 heterocycles. The Balaban J connectivity index is 1.42. The second kappa shape index (κ2) is 7.96. The van der Waals surface area contributed by atoms with E-state index in [2.05, 4.69) is 53.4 Å². The van der Waals surface area contributed by atoms with Crippen molar-refractivity contribution >= 4 is 34.6 Å². The maximum atomic E-state index is 12.8. The third kappa shape index (κ3) is 3.74. The third-order valence-corrected chi connectivity index (χ3v) is 5.56. The van der Waals surface area contributed by atoms with Crippen LogP contribution in [0.5, 0.6) is 0 Å². The zero-order valence-electron chi connectivity index (χ0n) is 17.0. The van der Waals surface area contributed by atoms with E-state index in [0.717, 1.165) is 33.8 Å². The summed E-state index contributed by atoms with van der Waals surface area (Å²) in [6.45, 7) is 0. The minimum Gasteiger partial charge on any atom is -0.399 e. The first-order valence-corrected chi connectivity index (χ1v) is 10.3. The average molecular weight is 402 g/mol. The molecule has 31 heavy (non-hydrogen) atoms. The number of carbonyl (C=O) groups is 1. The predicted octanol–water partition coefficient (Wildman–Crippen LogP) is 6.56. The van der Waals surface area contributed by atoms with E-state index in [1.165, 1.54) is 0 Å². The number of hydrogen-bond donors (Lipinski definition) is 1. The van der Waals surface area contributed by atoms with Crippen LogP contribution in [0.2, 0.25) is 0 Å². The highest BCUT2D eigenvalue weighted by molar-refractivity contribution is 6.18. The summed E-state index contributed by atoms with van der Waals surface area (Å²) >= 11 is 0. The van der Waals surface area contributed by atoms with Gasteiger partial charge in [-0.1, -0.05) is 54.6 Å². The van der Waals surface area contributed by atoms with Gasteiger partial charge in [-0.15, -0.1) is 0 Å². The monoisotopic (exact) mass is 402 g/mol. The zero-order valence-corrected chi connectivity index (χ0v) is 17.0. The van der Waals surface area contributed by atoms with Gasteiger partial charge in [0.2, 0.25) is 0 Å². The normalized spacial score (nSPS) is 12.4. The lowest BCUT2D eigenvalue weighted by Gasteiger charge is -2.25. The molecular formula is C28H22N2O. The highest BCUT2D eigenvalue weighted by atomic mass is 16.1. The minimum atomic E-state index is 0.0709. The Bertz CT molecular complexity index is 1220. The van der Waals surface area contributed by atoms with E-state index in [-0.39, 0.29) is 5.78 Å². The number of nitrogens with two attached hydrogens (primary N) is 1. The molecule has 0 radical (unpaired) electrons. The summed E-state index contributed by atoms with van der Waals surface area (Å²) in [5.41, 5.74) is 13.3. The summed E-state index contributed by atoms with van der Waals surface area (Å²) in [5.74, 6) is 0.0709. The standard InChI is InChI=1S/C28H22N2O/c29-23-14-13-21-18-22(28(31)27(21)19-23)17-20-11-15-26(16-12-20)30(24-7-3-1-4-8-24)25-9-5-2-6-10-25/h1-16,18-19H,17,29H2. The molecule has 0 fully saturated rings. The van der Waals surface area contributed by atoms with Crippen LogP contribution in [0.15, 0.2) is 109 Å². The van der Waals surface area contributed by atoms with Crippen LogP contribution in [0, 0.1) is 0 Å². The van der Waals surface area contributed by atoms with E-state index in [1.54, 1.807) is 6.07 Å². The van der Waals surface area contributed by atoms with Crippen LogP contribution in [0.25, 0.3) is 6.08 Å². The summed E-state index contributed by atoms with van der Waals surface area (Å²) in [7, 11) is 0. The smallest absolute Gasteiger partial charge is 0.190 e. The lowest BCUT2D eigenvalue weighted by molar-refractivity contribution is 0.103. The second-order valence-corrected chi connectivity index (χ2v) is 7.70. The predicted molar refractivity (Wildman–Crippen MR) is 128 cm³/mol. The van der Waals surface area contributed by atoms with Gasteiger partial charge in [-0.25, -0.2) is 0 Å². The molecule has 0 unspecified atom stereocenters. The van der Waals surface area contributed by atoms with Gasteiger partial charge in [0.15, 0.2) is 5.78 Å². The van der Waals surface area contributed by atoms with Crippen molar-refractivity contribution in [3.8, 4) is 0 Å². The fourth-order valence-electron chi connectivity index (χ4n) is 4.04. The SMILES string of the molecule is Nc1ccc2c(c1)C(=O)C(Cc1ccc(N(c3ccccc3)c3ccccc3)cc1)=C2. The van der Waals surface area contributed by atoms with Crippen molar-refractivity contribution in [3.05, 3.63) is 125 Å². The van der Waals surface area contributed by atoms with Gasteiger partial charge in [0.25, 0.3) is 0 Å². The Kier molecular flexibility index (Phi) is 4.85. The van der Waals surface area contributed by atoms with Crippen LogP contribution in [0.4, 0.5) is 22.7 Å². The Morgan fingerprint density at radius 3 is 1.87 bits per heavy atom. The second-order valence-electron chi connectivity index (χ2n) is 7.70. The maximum Gasteiger partial charge on any atom is 0.190 e. The number of ketones is 1. The molecule has 0 saturated heterocycles. The number of hydrogen-bond acceptors (Lipinski definition) is 3. The number of carbonyl (C=O) groups excluding carboxylic acids is 1. The Morgan fingerprint density at radius 2 is 1.26 bits per heavy atom. The quantitative estimate of drug-likeness (QED) is 0.385. The number of rotatable bonds is 5. The van der Waals surface area contributed by atoms with Gasteiger partial charge in [0.1, 0.15) is 0 Å². The van der Waals surface area contributed by atoms with Crippen molar-refractivity contribution in [3.63, 3.8) is 0 Å². The summed E-state index contributed by atoms with van der Waals surface area (Å²) in [5, 5.41) is 0. The number of anilines is 4. The van der Waals surface area contributed by atoms with Gasteiger partial charge in [0, 0.05) is 40.3 Å². The molecule has 150 valence electrons. The number of nitrogen functional groups attached to an aromatic ring is 1. The zero-order chi connectivity index (χ0) is 21.2. The van der Waals surface area contributed by atoms with E-state index >= 15 is 0 Å². The minimum absolute atomic E-state index is 0.0709. The van der Waals surface area contributed by atoms with Gasteiger partial charge in [-0.2, -0.15) is 0 Å².